The Morgan fingerprint density at radius 1 is 0.544 bits per heavy atom. The summed E-state index contributed by atoms with van der Waals surface area (Å²) < 4.78 is 41.0. The molecule has 4 aliphatic heterocycles. The predicted molar refractivity (Wildman–Crippen MR) is 262 cm³/mol. The summed E-state index contributed by atoms with van der Waals surface area (Å²) in [6.45, 7) is 5.24. The minimum atomic E-state index is -1.95. The van der Waals surface area contributed by atoms with Gasteiger partial charge in [-0.3, -0.25) is 0 Å². The van der Waals surface area contributed by atoms with Crippen molar-refractivity contribution in [2.45, 2.75) is 138 Å². The third-order valence-electron chi connectivity index (χ3n) is 12.4. The molecule has 24 N–H and O–H groups in total. The van der Waals surface area contributed by atoms with Crippen molar-refractivity contribution >= 4 is 35.3 Å². The smallest absolute Gasteiger partial charge is 0.344 e. The number of aromatic carboxylic acids is 1. The monoisotopic (exact) mass is 1150 g/mol. The van der Waals surface area contributed by atoms with E-state index in [2.05, 4.69) is 0 Å². The zero-order chi connectivity index (χ0) is 60.2. The van der Waals surface area contributed by atoms with Crippen molar-refractivity contribution in [2.24, 2.45) is 11.8 Å². The number of carboxylic acid groups (broad SMARTS) is 2. The van der Waals surface area contributed by atoms with Gasteiger partial charge in [0.2, 0.25) is 19.4 Å². The Balaban J connectivity index is 0.000000446. The topological polar surface area (TPSA) is 551 Å². The number of rotatable bonds is 16. The summed E-state index contributed by atoms with van der Waals surface area (Å²) in [5.74, 6) is -7.36. The molecular formula is C47H78N4O28+2. The molecule has 6 rings (SSSR count). The Labute approximate surface area is 451 Å². The number of aliphatic hydroxyl groups is 12. The van der Waals surface area contributed by atoms with Gasteiger partial charge in [0.1, 0.15) is 83.5 Å². The molecule has 20 atom stereocenters. The molecule has 0 bridgehead atoms. The van der Waals surface area contributed by atoms with E-state index in [-0.39, 0.29) is 35.8 Å². The minimum absolute atomic E-state index is 0.168. The fourth-order valence-electron chi connectivity index (χ4n) is 8.20. The number of likely N-dealkylation sites (N-methyl/N-ethyl adjacent to an activating group) is 2. The number of benzene rings is 2. The van der Waals surface area contributed by atoms with Gasteiger partial charge in [-0.05, 0) is 36.4 Å². The van der Waals surface area contributed by atoms with E-state index >= 15 is 0 Å². The number of esters is 2. The number of quaternary nitrogens is 2. The molecule has 4 heterocycles. The number of hydrogen-bond donors (Lipinski definition) is 20. The van der Waals surface area contributed by atoms with Crippen LogP contribution in [-0.2, 0) is 47.5 Å². The first kappa shape index (κ1) is 69.8. The molecule has 4 aliphatic rings. The molecule has 8 unspecified atom stereocenters. The van der Waals surface area contributed by atoms with Gasteiger partial charge in [0, 0.05) is 11.4 Å². The van der Waals surface area contributed by atoms with Crippen molar-refractivity contribution in [2.75, 3.05) is 58.8 Å². The maximum absolute atomic E-state index is 12.5. The molecule has 32 nitrogen and oxygen atoms in total. The summed E-state index contributed by atoms with van der Waals surface area (Å²) >= 11 is 0. The van der Waals surface area contributed by atoms with Gasteiger partial charge in [-0.1, -0.05) is 27.7 Å². The number of hydrogen-bond acceptors (Lipinski definition) is 28. The van der Waals surface area contributed by atoms with E-state index in [4.69, 9.17) is 64.7 Å². The van der Waals surface area contributed by atoms with Crippen LogP contribution >= 0.6 is 0 Å². The largest absolute Gasteiger partial charge is 0.507 e. The van der Waals surface area contributed by atoms with E-state index in [0.29, 0.717) is 5.69 Å². The van der Waals surface area contributed by atoms with Crippen LogP contribution in [0.5, 0.6) is 11.5 Å². The Morgan fingerprint density at radius 3 is 1.32 bits per heavy atom. The van der Waals surface area contributed by atoms with E-state index in [1.165, 1.54) is 30.3 Å². The molecule has 0 aromatic heterocycles. The summed E-state index contributed by atoms with van der Waals surface area (Å²) in [5.41, 5.74) is 10.9. The van der Waals surface area contributed by atoms with E-state index < -0.39 is 172 Å². The van der Waals surface area contributed by atoms with Gasteiger partial charge >= 0.3 is 23.9 Å². The second-order valence-corrected chi connectivity index (χ2v) is 17.3. The summed E-state index contributed by atoms with van der Waals surface area (Å²) in [5, 5.41) is 159. The number of aliphatic hydroxyl groups excluding tert-OH is 12. The lowest BCUT2D eigenvalue weighted by atomic mass is 9.88. The standard InChI is InChI=1S/C22H32N2O14.C14H25NO11.C7H7NO3.2C2H6/c1-24-13-10(14(27)12(5-25)37-20(13)32)6-34-22-17(30)15(28)16(29)18(38-22)21(33)36-7-35-19(31)9-4-8(23)2-3-11(9)26;1-15-6-4(7(17)5(2-16)25-13(6)23)3-24-14-10(20)8(18)9(19)11(26-14)12(21)22;8-4-1-2-6(9)5(3-4)7(10)11;2*1-2/h2-4,10,12-18,20,22,24-30,32H,5-7,23H2,1H3;4-11,13-20,23H,2-3H2,1H3,(H,21,22);1-3,9H,8H2,(H,10,11);2*1-2H3/p+2/t10-,12?,13?,14-,15+,16-,17?,18?,20+,22+;4-,5?,6?,7-,8+,9-,10?,11?,13+,14+;;;/m00.../s1. The SMILES string of the molecule is CC.CC.C[NH2+]C1[C@H](O)OC(CO)[C@@H](O)[C@H]1CO[C@@H]1OC(C(=O)O)[C@@H](O)[C@@H](O)C1O.C[NH2+]C1[C@H](O)OC(CO)[C@@H](O)[C@H]1CO[C@@H]1OC(C(=O)OCOC(=O)c2cc(N)ccc2O)[C@@H](O)[C@@H](O)C1O.Nc1ccc(O)c(C(=O)O)c1. The van der Waals surface area contributed by atoms with E-state index in [9.17, 15) is 85.6 Å². The number of anilines is 2. The molecule has 0 amide bonds. The zero-order valence-electron chi connectivity index (χ0n) is 43.9. The lowest BCUT2D eigenvalue weighted by Gasteiger charge is -2.42. The Bertz CT molecular complexity index is 2190. The third-order valence-corrected chi connectivity index (χ3v) is 12.4. The number of phenols is 2. The lowest BCUT2D eigenvalue weighted by Crippen LogP contribution is -2.93. The van der Waals surface area contributed by atoms with Crippen LogP contribution in [0, 0.1) is 11.8 Å². The van der Waals surface area contributed by atoms with Crippen LogP contribution in [0.4, 0.5) is 11.4 Å². The highest BCUT2D eigenvalue weighted by Gasteiger charge is 2.52. The molecule has 0 spiro atoms. The molecule has 4 saturated heterocycles. The first-order valence-electron chi connectivity index (χ1n) is 24.8. The van der Waals surface area contributed by atoms with Gasteiger partial charge in [0.05, 0.1) is 64.6 Å². The van der Waals surface area contributed by atoms with E-state index in [1.807, 2.05) is 27.7 Å². The highest BCUT2D eigenvalue weighted by molar-refractivity contribution is 5.93. The molecule has 79 heavy (non-hydrogen) atoms. The van der Waals surface area contributed by atoms with Crippen molar-refractivity contribution < 1.29 is 149 Å². The fraction of sp³-hybridized carbons (Fsp3) is 0.660. The molecule has 4 fully saturated rings. The van der Waals surface area contributed by atoms with Crippen molar-refractivity contribution in [1.29, 1.82) is 0 Å². The first-order valence-corrected chi connectivity index (χ1v) is 24.8. The van der Waals surface area contributed by atoms with Crippen LogP contribution < -0.4 is 22.1 Å². The van der Waals surface area contributed by atoms with Gasteiger partial charge in [-0.15, -0.1) is 0 Å². The molecule has 0 saturated carbocycles. The number of aliphatic carboxylic acids is 1. The maximum atomic E-state index is 12.5. The van der Waals surface area contributed by atoms with Gasteiger partial charge in [-0.2, -0.15) is 0 Å². The number of phenolic OH excluding ortho intramolecular Hbond substituents is 1. The number of nitrogens with two attached hydrogens (primary N) is 4. The highest BCUT2D eigenvalue weighted by Crippen LogP contribution is 2.30. The van der Waals surface area contributed by atoms with Crippen molar-refractivity contribution in [3.8, 4) is 11.5 Å². The van der Waals surface area contributed by atoms with Gasteiger partial charge in [-0.25, -0.2) is 19.2 Å². The minimum Gasteiger partial charge on any atom is -0.507 e. The van der Waals surface area contributed by atoms with Crippen molar-refractivity contribution in [3.63, 3.8) is 0 Å². The molecule has 0 radical (unpaired) electrons. The predicted octanol–water partition coefficient (Wildman–Crippen LogP) is -8.43. The summed E-state index contributed by atoms with van der Waals surface area (Å²) in [6, 6.07) is 6.14. The zero-order valence-corrected chi connectivity index (χ0v) is 43.9. The Morgan fingerprint density at radius 2 is 0.937 bits per heavy atom. The number of nitrogen functional groups attached to an aromatic ring is 2. The van der Waals surface area contributed by atoms with Crippen LogP contribution in [-0.4, -0.2) is 263 Å². The highest BCUT2D eigenvalue weighted by atomic mass is 16.7. The second kappa shape index (κ2) is 33.5. The first-order chi connectivity index (χ1) is 37.3. The van der Waals surface area contributed by atoms with E-state index in [0.717, 1.165) is 6.07 Å². The lowest BCUT2D eigenvalue weighted by molar-refractivity contribution is -0.694. The van der Waals surface area contributed by atoms with Crippen molar-refractivity contribution in [3.05, 3.63) is 47.5 Å². The number of aromatic hydroxyl groups is 2. The van der Waals surface area contributed by atoms with Gasteiger partial charge < -0.3 is 142 Å². The molecule has 2 aromatic carbocycles. The summed E-state index contributed by atoms with van der Waals surface area (Å²) in [6.07, 6.45) is -25.3. The average molecular weight is 1150 g/mol. The van der Waals surface area contributed by atoms with Crippen molar-refractivity contribution in [1.82, 2.24) is 0 Å². The van der Waals surface area contributed by atoms with Gasteiger partial charge in [0.15, 0.2) is 24.8 Å². The van der Waals surface area contributed by atoms with Crippen LogP contribution in [0.15, 0.2) is 36.4 Å². The summed E-state index contributed by atoms with van der Waals surface area (Å²) in [4.78, 5) is 46.0. The third kappa shape index (κ3) is 18.4. The van der Waals surface area contributed by atoms with Crippen LogP contribution in [0.2, 0.25) is 0 Å². The number of ether oxygens (including phenoxy) is 8. The van der Waals surface area contributed by atoms with Crippen LogP contribution in [0.25, 0.3) is 0 Å². The van der Waals surface area contributed by atoms with Gasteiger partial charge in [0.25, 0.3) is 0 Å². The fourth-order valence-corrected chi connectivity index (χ4v) is 8.20. The second-order valence-electron chi connectivity index (χ2n) is 17.3. The number of carbonyl (C=O) groups excluding carboxylic acids is 2. The average Bonchev–Trinajstić information content (AvgIpc) is 3.46. The quantitative estimate of drug-likeness (QED) is 0.0321. The summed E-state index contributed by atoms with van der Waals surface area (Å²) in [7, 11) is 3.23. The molecule has 0 aliphatic carbocycles. The van der Waals surface area contributed by atoms with Crippen LogP contribution in [0.1, 0.15) is 48.4 Å². The molecular weight excluding hydrogens is 1070 g/mol. The molecule has 2 aromatic rings. The maximum Gasteiger partial charge on any atom is 0.344 e. The number of carboxylic acids is 2. The van der Waals surface area contributed by atoms with E-state index in [1.54, 1.807) is 24.7 Å². The Kier molecular flexibility index (Phi) is 29.6. The molecule has 32 heteroatoms. The molecule has 452 valence electrons. The Hall–Kier alpha value is -5.28. The number of carbonyl (C=O) groups is 4. The van der Waals surface area contributed by atoms with Crippen LogP contribution in [0.3, 0.4) is 0 Å². The normalized spacial score (nSPS) is 33.9.